The Labute approximate surface area is 209 Å². The summed E-state index contributed by atoms with van der Waals surface area (Å²) in [7, 11) is -2.14. The van der Waals surface area contributed by atoms with Gasteiger partial charge >= 0.3 is 0 Å². The fourth-order valence-electron chi connectivity index (χ4n) is 3.07. The molecule has 3 aromatic rings. The van der Waals surface area contributed by atoms with E-state index < -0.39 is 22.5 Å². The third-order valence-corrected chi connectivity index (χ3v) is 5.91. The van der Waals surface area contributed by atoms with Crippen LogP contribution in [0.5, 0.6) is 11.5 Å². The van der Waals surface area contributed by atoms with Gasteiger partial charge in [-0.3, -0.25) is 13.9 Å². The highest BCUT2D eigenvalue weighted by atomic mass is 32.2. The highest BCUT2D eigenvalue weighted by Crippen LogP contribution is 2.23. The number of hydrazone groups is 1. The van der Waals surface area contributed by atoms with Crippen molar-refractivity contribution in [3.05, 3.63) is 84.4 Å². The van der Waals surface area contributed by atoms with E-state index >= 15 is 0 Å². The molecule has 0 aliphatic heterocycles. The van der Waals surface area contributed by atoms with E-state index in [1.807, 2.05) is 0 Å². The first-order valence-corrected chi connectivity index (χ1v) is 12.6. The minimum atomic E-state index is -3.66. The second kappa shape index (κ2) is 12.4. The van der Waals surface area contributed by atoms with Crippen molar-refractivity contribution in [2.24, 2.45) is 5.10 Å². The maximum atomic E-state index is 12.2. The van der Waals surface area contributed by atoms with E-state index in [9.17, 15) is 18.0 Å². The Balaban J connectivity index is 1.49. The standard InChI is InChI=1S/C25H26N4O6S/c1-34-23-11-7-6-10-22(23)27-25(31)18-35-21-14-12-19(13-15-21)16-26-28-24(30)17-29(36(2,32)33)20-8-4-3-5-9-20/h3-16H,17-18H2,1-2H3,(H,27,31)(H,28,30)/b26-16-. The molecule has 0 radical (unpaired) electrons. The van der Waals surface area contributed by atoms with Crippen LogP contribution in [0.1, 0.15) is 5.56 Å². The van der Waals surface area contributed by atoms with Crippen LogP contribution in [0.4, 0.5) is 11.4 Å². The number of methoxy groups -OCH3 is 1. The second-order valence-electron chi connectivity index (χ2n) is 7.50. The van der Waals surface area contributed by atoms with Crippen molar-refractivity contribution in [2.45, 2.75) is 0 Å². The maximum Gasteiger partial charge on any atom is 0.262 e. The summed E-state index contributed by atoms with van der Waals surface area (Å²) in [4.78, 5) is 24.4. The Morgan fingerprint density at radius 2 is 1.61 bits per heavy atom. The van der Waals surface area contributed by atoms with Crippen LogP contribution in [0, 0.1) is 0 Å². The van der Waals surface area contributed by atoms with Crippen LogP contribution in [0.25, 0.3) is 0 Å². The lowest BCUT2D eigenvalue weighted by atomic mass is 10.2. The van der Waals surface area contributed by atoms with Gasteiger partial charge in [0.05, 0.1) is 31.0 Å². The van der Waals surface area contributed by atoms with Gasteiger partial charge in [0, 0.05) is 0 Å². The first-order valence-electron chi connectivity index (χ1n) is 10.8. The minimum absolute atomic E-state index is 0.195. The monoisotopic (exact) mass is 510 g/mol. The molecule has 0 fully saturated rings. The lowest BCUT2D eigenvalue weighted by Crippen LogP contribution is -2.38. The molecule has 36 heavy (non-hydrogen) atoms. The number of carbonyl (C=O) groups excluding carboxylic acids is 2. The van der Waals surface area contributed by atoms with Crippen LogP contribution in [0.2, 0.25) is 0 Å². The zero-order chi connectivity index (χ0) is 26.0. The van der Waals surface area contributed by atoms with Crippen molar-refractivity contribution in [1.29, 1.82) is 0 Å². The molecule has 11 heteroatoms. The Morgan fingerprint density at radius 3 is 2.28 bits per heavy atom. The minimum Gasteiger partial charge on any atom is -0.495 e. The zero-order valence-corrected chi connectivity index (χ0v) is 20.6. The van der Waals surface area contributed by atoms with E-state index in [2.05, 4.69) is 15.8 Å². The van der Waals surface area contributed by atoms with Gasteiger partial charge in [-0.1, -0.05) is 30.3 Å². The van der Waals surface area contributed by atoms with Crippen molar-refractivity contribution >= 4 is 39.4 Å². The van der Waals surface area contributed by atoms with E-state index in [1.165, 1.54) is 13.3 Å². The molecular weight excluding hydrogens is 484 g/mol. The largest absolute Gasteiger partial charge is 0.495 e. The highest BCUT2D eigenvalue weighted by molar-refractivity contribution is 7.92. The lowest BCUT2D eigenvalue weighted by molar-refractivity contribution is -0.119. The van der Waals surface area contributed by atoms with Crippen molar-refractivity contribution in [2.75, 3.05) is 36.1 Å². The van der Waals surface area contributed by atoms with E-state index in [0.717, 1.165) is 10.6 Å². The Kier molecular flexibility index (Phi) is 9.01. The number of nitrogens with zero attached hydrogens (tertiary/aromatic N) is 2. The molecule has 0 spiro atoms. The van der Waals surface area contributed by atoms with Crippen LogP contribution < -0.4 is 24.5 Å². The number of anilines is 2. The van der Waals surface area contributed by atoms with Crippen molar-refractivity contribution in [3.8, 4) is 11.5 Å². The Bertz CT molecular complexity index is 1310. The number of ether oxygens (including phenoxy) is 2. The van der Waals surface area contributed by atoms with Gasteiger partial charge in [-0.25, -0.2) is 13.8 Å². The maximum absolute atomic E-state index is 12.2. The second-order valence-corrected chi connectivity index (χ2v) is 9.41. The van der Waals surface area contributed by atoms with Crippen LogP contribution in [-0.4, -0.2) is 53.0 Å². The van der Waals surface area contributed by atoms with Crippen LogP contribution in [0.3, 0.4) is 0 Å². The molecular formula is C25H26N4O6S. The SMILES string of the molecule is COc1ccccc1NC(=O)COc1ccc(/C=N\NC(=O)CN(c2ccccc2)S(C)(=O)=O)cc1. The number of hydrogen-bond acceptors (Lipinski definition) is 7. The molecule has 10 nitrogen and oxygen atoms in total. The first-order chi connectivity index (χ1) is 17.3. The first kappa shape index (κ1) is 26.2. The highest BCUT2D eigenvalue weighted by Gasteiger charge is 2.20. The average Bonchev–Trinajstić information content (AvgIpc) is 2.87. The van der Waals surface area contributed by atoms with E-state index in [-0.39, 0.29) is 12.5 Å². The Hall–Kier alpha value is -4.38. The van der Waals surface area contributed by atoms with Gasteiger partial charge in [0.1, 0.15) is 18.0 Å². The van der Waals surface area contributed by atoms with Gasteiger partial charge in [0.2, 0.25) is 10.0 Å². The molecule has 188 valence electrons. The summed E-state index contributed by atoms with van der Waals surface area (Å²) in [5.74, 6) is 0.0803. The van der Waals surface area contributed by atoms with Gasteiger partial charge in [0.15, 0.2) is 6.61 Å². The molecule has 0 bridgehead atoms. The Morgan fingerprint density at radius 1 is 0.944 bits per heavy atom. The summed E-state index contributed by atoms with van der Waals surface area (Å²) in [5, 5.41) is 6.60. The number of amides is 2. The quantitative estimate of drug-likeness (QED) is 0.302. The van der Waals surface area contributed by atoms with Crippen molar-refractivity contribution in [3.63, 3.8) is 0 Å². The van der Waals surface area contributed by atoms with Gasteiger partial charge in [-0.05, 0) is 54.1 Å². The van der Waals surface area contributed by atoms with Gasteiger partial charge in [-0.2, -0.15) is 5.10 Å². The molecule has 0 saturated carbocycles. The number of carbonyl (C=O) groups is 2. The predicted octanol–water partition coefficient (Wildman–Crippen LogP) is 2.63. The number of nitrogens with one attached hydrogen (secondary N) is 2. The van der Waals surface area contributed by atoms with Gasteiger partial charge < -0.3 is 14.8 Å². The number of benzene rings is 3. The molecule has 3 aromatic carbocycles. The molecule has 0 aromatic heterocycles. The third kappa shape index (κ3) is 7.84. The summed E-state index contributed by atoms with van der Waals surface area (Å²) in [6.45, 7) is -0.607. The van der Waals surface area contributed by atoms with Crippen molar-refractivity contribution in [1.82, 2.24) is 5.43 Å². The van der Waals surface area contributed by atoms with Crippen LogP contribution in [0.15, 0.2) is 84.0 Å². The molecule has 3 rings (SSSR count). The summed E-state index contributed by atoms with van der Waals surface area (Å²) in [6.07, 6.45) is 2.44. The summed E-state index contributed by atoms with van der Waals surface area (Å²) >= 11 is 0. The van der Waals surface area contributed by atoms with E-state index in [1.54, 1.807) is 78.9 Å². The number of sulfonamides is 1. The van der Waals surface area contributed by atoms with E-state index in [0.29, 0.717) is 28.4 Å². The van der Waals surface area contributed by atoms with Gasteiger partial charge in [-0.15, -0.1) is 0 Å². The predicted molar refractivity (Wildman–Crippen MR) is 138 cm³/mol. The molecule has 0 aliphatic carbocycles. The smallest absolute Gasteiger partial charge is 0.262 e. The van der Waals surface area contributed by atoms with Crippen LogP contribution in [-0.2, 0) is 19.6 Å². The molecule has 2 N–H and O–H groups in total. The molecule has 0 aliphatic rings. The van der Waals surface area contributed by atoms with E-state index in [4.69, 9.17) is 9.47 Å². The van der Waals surface area contributed by atoms with Crippen LogP contribution >= 0.6 is 0 Å². The lowest BCUT2D eigenvalue weighted by Gasteiger charge is -2.21. The molecule has 0 unspecified atom stereocenters. The summed E-state index contributed by atoms with van der Waals surface area (Å²) in [5.41, 5.74) is 3.90. The normalized spacial score (nSPS) is 11.1. The van der Waals surface area contributed by atoms with Crippen molar-refractivity contribution < 1.29 is 27.5 Å². The summed E-state index contributed by atoms with van der Waals surface area (Å²) < 4.78 is 35.8. The third-order valence-electron chi connectivity index (χ3n) is 4.77. The van der Waals surface area contributed by atoms with Gasteiger partial charge in [0.25, 0.3) is 11.8 Å². The molecule has 0 heterocycles. The fraction of sp³-hybridized carbons (Fsp3) is 0.160. The topological polar surface area (TPSA) is 126 Å². The molecule has 2 amide bonds. The zero-order valence-electron chi connectivity index (χ0n) is 19.7. The average molecular weight is 511 g/mol. The number of hydrogen-bond donors (Lipinski definition) is 2. The number of para-hydroxylation sites is 3. The fourth-order valence-corrected chi connectivity index (χ4v) is 3.93. The molecule has 0 atom stereocenters. The number of rotatable bonds is 11. The molecule has 0 saturated heterocycles. The summed E-state index contributed by atoms with van der Waals surface area (Å²) in [6, 6.07) is 22.1.